The molecule has 0 bridgehead atoms. The van der Waals surface area contributed by atoms with Crippen LogP contribution in [0.4, 0.5) is 0 Å². The molecule has 0 spiro atoms. The molecule has 23 heavy (non-hydrogen) atoms. The Bertz CT molecular complexity index is 476. The van der Waals surface area contributed by atoms with Gasteiger partial charge in [-0.2, -0.15) is 0 Å². The van der Waals surface area contributed by atoms with Crippen LogP contribution in [0.5, 0.6) is 0 Å². The second-order valence-electron chi connectivity index (χ2n) is 10.4. The zero-order chi connectivity index (χ0) is 16.4. The number of hydrogen-bond acceptors (Lipinski definition) is 0. The van der Waals surface area contributed by atoms with Gasteiger partial charge in [-0.15, -0.1) is 0 Å². The van der Waals surface area contributed by atoms with Crippen LogP contribution in [0.3, 0.4) is 0 Å². The van der Waals surface area contributed by atoms with Crippen LogP contribution in [-0.4, -0.2) is 0 Å². The minimum Gasteiger partial charge on any atom is -0.0998 e. The van der Waals surface area contributed by atoms with Crippen LogP contribution in [0.2, 0.25) is 0 Å². The Balaban J connectivity index is 1.59. The molecule has 4 aliphatic carbocycles. The lowest BCUT2D eigenvalue weighted by atomic mass is 9.49. The monoisotopic (exact) mass is 314 g/mol. The summed E-state index contributed by atoms with van der Waals surface area (Å²) < 4.78 is 0. The van der Waals surface area contributed by atoms with E-state index in [9.17, 15) is 0 Å². The summed E-state index contributed by atoms with van der Waals surface area (Å²) in [6, 6.07) is 0. The van der Waals surface area contributed by atoms with E-state index in [0.29, 0.717) is 5.41 Å². The number of hydrogen-bond donors (Lipinski definition) is 0. The molecule has 4 fully saturated rings. The Labute approximate surface area is 144 Å². The molecular weight excluding hydrogens is 276 g/mol. The van der Waals surface area contributed by atoms with Crippen molar-refractivity contribution in [2.45, 2.75) is 79.1 Å². The van der Waals surface area contributed by atoms with Gasteiger partial charge in [0.05, 0.1) is 0 Å². The Morgan fingerprint density at radius 1 is 0.913 bits per heavy atom. The smallest absolute Gasteiger partial charge is 0.0126 e. The van der Waals surface area contributed by atoms with Crippen LogP contribution >= 0.6 is 0 Å². The van der Waals surface area contributed by atoms with E-state index in [1.54, 1.807) is 25.7 Å². The highest BCUT2D eigenvalue weighted by atomic mass is 14.6. The standard InChI is InChI=1S/C23H38/c1-14(2)22-16(4)13-21-20-9-7-17-12-15(3)6-8-18(17)19(20)10-11-23(21,22)5/h15-22H,1,6-13H2,2-5H3. The van der Waals surface area contributed by atoms with Crippen molar-refractivity contribution in [1.82, 2.24) is 0 Å². The van der Waals surface area contributed by atoms with Gasteiger partial charge in [0.2, 0.25) is 0 Å². The second-order valence-corrected chi connectivity index (χ2v) is 10.4. The summed E-state index contributed by atoms with van der Waals surface area (Å²) in [7, 11) is 0. The fraction of sp³-hybridized carbons (Fsp3) is 0.913. The molecule has 9 unspecified atom stereocenters. The van der Waals surface area contributed by atoms with E-state index in [2.05, 4.69) is 34.3 Å². The molecule has 0 aromatic carbocycles. The third-order valence-electron chi connectivity index (χ3n) is 9.09. The fourth-order valence-electron chi connectivity index (χ4n) is 8.50. The van der Waals surface area contributed by atoms with E-state index >= 15 is 0 Å². The molecule has 130 valence electrons. The molecule has 4 aliphatic rings. The summed E-state index contributed by atoms with van der Waals surface area (Å²) in [5.74, 6) is 7.96. The number of rotatable bonds is 1. The van der Waals surface area contributed by atoms with E-state index < -0.39 is 0 Å². The van der Waals surface area contributed by atoms with E-state index in [0.717, 1.165) is 47.3 Å². The van der Waals surface area contributed by atoms with Crippen molar-refractivity contribution >= 4 is 0 Å². The Morgan fingerprint density at radius 2 is 1.65 bits per heavy atom. The Morgan fingerprint density at radius 3 is 2.39 bits per heavy atom. The molecule has 4 rings (SSSR count). The molecule has 4 saturated carbocycles. The van der Waals surface area contributed by atoms with E-state index in [1.807, 2.05) is 0 Å². The maximum Gasteiger partial charge on any atom is -0.0126 e. The molecule has 0 aromatic rings. The van der Waals surface area contributed by atoms with Gasteiger partial charge in [0.1, 0.15) is 0 Å². The van der Waals surface area contributed by atoms with Crippen LogP contribution in [0, 0.1) is 52.8 Å². The van der Waals surface area contributed by atoms with Crippen molar-refractivity contribution in [1.29, 1.82) is 0 Å². The van der Waals surface area contributed by atoms with Crippen molar-refractivity contribution in [3.63, 3.8) is 0 Å². The molecule has 0 saturated heterocycles. The normalized spacial score (nSPS) is 55.7. The minimum absolute atomic E-state index is 0.571. The van der Waals surface area contributed by atoms with Gasteiger partial charge in [0.25, 0.3) is 0 Å². The van der Waals surface area contributed by atoms with Gasteiger partial charge >= 0.3 is 0 Å². The highest BCUT2D eigenvalue weighted by molar-refractivity contribution is 5.15. The summed E-state index contributed by atoms with van der Waals surface area (Å²) in [4.78, 5) is 0. The van der Waals surface area contributed by atoms with Gasteiger partial charge in [-0.25, -0.2) is 0 Å². The van der Waals surface area contributed by atoms with Crippen molar-refractivity contribution in [3.05, 3.63) is 12.2 Å². The SMILES string of the molecule is C=C(C)C1C(C)CC2C3CCC4CC(C)CCC4C3CCC21C. The highest BCUT2D eigenvalue weighted by Gasteiger charge is 2.58. The molecule has 0 N–H and O–H groups in total. The summed E-state index contributed by atoms with van der Waals surface area (Å²) in [5, 5.41) is 0. The maximum atomic E-state index is 4.40. The summed E-state index contributed by atoms with van der Waals surface area (Å²) in [6.07, 6.45) is 12.2. The largest absolute Gasteiger partial charge is 0.0998 e. The molecule has 0 heteroatoms. The quantitative estimate of drug-likeness (QED) is 0.472. The molecule has 0 aromatic heterocycles. The third kappa shape index (κ3) is 2.37. The first-order valence-corrected chi connectivity index (χ1v) is 10.6. The average Bonchev–Trinajstić information content (AvgIpc) is 2.77. The Kier molecular flexibility index (Phi) is 3.97. The molecule has 0 heterocycles. The predicted molar refractivity (Wildman–Crippen MR) is 99.1 cm³/mol. The lowest BCUT2D eigenvalue weighted by Crippen LogP contribution is -2.48. The van der Waals surface area contributed by atoms with Gasteiger partial charge in [0, 0.05) is 0 Å². The van der Waals surface area contributed by atoms with Gasteiger partial charge in [-0.1, -0.05) is 39.3 Å². The van der Waals surface area contributed by atoms with Crippen molar-refractivity contribution < 1.29 is 0 Å². The molecule has 9 atom stereocenters. The van der Waals surface area contributed by atoms with Gasteiger partial charge < -0.3 is 0 Å². The van der Waals surface area contributed by atoms with Crippen LogP contribution in [0.1, 0.15) is 79.1 Å². The summed E-state index contributed by atoms with van der Waals surface area (Å²) in [6.45, 7) is 14.4. The van der Waals surface area contributed by atoms with Crippen molar-refractivity contribution in [2.75, 3.05) is 0 Å². The molecular formula is C23H38. The first-order valence-electron chi connectivity index (χ1n) is 10.6. The number of allylic oxidation sites excluding steroid dienone is 1. The highest BCUT2D eigenvalue weighted by Crippen LogP contribution is 2.66. The third-order valence-corrected chi connectivity index (χ3v) is 9.09. The van der Waals surface area contributed by atoms with Crippen LogP contribution in [0.15, 0.2) is 12.2 Å². The van der Waals surface area contributed by atoms with E-state index in [4.69, 9.17) is 0 Å². The minimum atomic E-state index is 0.571. The molecule has 0 aliphatic heterocycles. The molecule has 0 amide bonds. The second kappa shape index (κ2) is 5.63. The molecule has 0 nitrogen and oxygen atoms in total. The Hall–Kier alpha value is -0.260. The van der Waals surface area contributed by atoms with Gasteiger partial charge in [-0.3, -0.25) is 0 Å². The first-order chi connectivity index (χ1) is 10.9. The zero-order valence-electron chi connectivity index (χ0n) is 16.0. The van der Waals surface area contributed by atoms with Crippen LogP contribution in [-0.2, 0) is 0 Å². The average molecular weight is 315 g/mol. The lowest BCUT2D eigenvalue weighted by molar-refractivity contribution is -0.0635. The maximum absolute atomic E-state index is 4.40. The zero-order valence-corrected chi connectivity index (χ0v) is 16.0. The predicted octanol–water partition coefficient (Wildman–Crippen LogP) is 6.71. The van der Waals surface area contributed by atoms with Crippen LogP contribution in [0.25, 0.3) is 0 Å². The summed E-state index contributed by atoms with van der Waals surface area (Å²) >= 11 is 0. The molecule has 0 radical (unpaired) electrons. The van der Waals surface area contributed by atoms with Crippen molar-refractivity contribution in [3.8, 4) is 0 Å². The van der Waals surface area contributed by atoms with Gasteiger partial charge in [0.15, 0.2) is 0 Å². The summed E-state index contributed by atoms with van der Waals surface area (Å²) in [5.41, 5.74) is 2.04. The first kappa shape index (κ1) is 16.2. The van der Waals surface area contributed by atoms with E-state index in [-0.39, 0.29) is 0 Å². The van der Waals surface area contributed by atoms with E-state index in [1.165, 1.54) is 31.3 Å². The topological polar surface area (TPSA) is 0 Å². The van der Waals surface area contributed by atoms with Gasteiger partial charge in [-0.05, 0) is 105 Å². The fourth-order valence-corrected chi connectivity index (χ4v) is 8.50. The van der Waals surface area contributed by atoms with Crippen LogP contribution < -0.4 is 0 Å². The van der Waals surface area contributed by atoms with Crippen molar-refractivity contribution in [2.24, 2.45) is 52.8 Å². The lowest BCUT2D eigenvalue weighted by Gasteiger charge is -2.56. The number of fused-ring (bicyclic) bond motifs is 5.